The fraction of sp³-hybridized carbons (Fsp3) is 0.375. The molecule has 0 aliphatic carbocycles. The minimum absolute atomic E-state index is 0.116. The predicted octanol–water partition coefficient (Wildman–Crippen LogP) is 1.12. The lowest BCUT2D eigenvalue weighted by Crippen LogP contribution is -2.05. The molecule has 0 radical (unpaired) electrons. The number of halogens is 1. The molecule has 0 spiro atoms. The monoisotopic (exact) mass is 180 g/mol. The molecule has 0 fully saturated rings. The third kappa shape index (κ3) is 3.03. The second-order valence-electron chi connectivity index (χ2n) is 2.35. The van der Waals surface area contributed by atoms with Crippen LogP contribution in [-0.4, -0.2) is 23.2 Å². The largest absolute Gasteiger partial charge is 0.370 e. The van der Waals surface area contributed by atoms with E-state index in [-0.39, 0.29) is 12.5 Å². The first kappa shape index (κ1) is 9.39. The highest BCUT2D eigenvalue weighted by Crippen LogP contribution is 2.00. The molecule has 0 aliphatic heterocycles. The molecule has 1 rings (SSSR count). The molecular weight excluding hydrogens is 171 g/mol. The number of alkyl halides is 1. The summed E-state index contributed by atoms with van der Waals surface area (Å²) in [4.78, 5) is 7.56. The summed E-state index contributed by atoms with van der Waals surface area (Å²) in [6, 6.07) is 3.46. The number of nitrogens with one attached hydrogen (secondary N) is 1. The highest BCUT2D eigenvalue weighted by molar-refractivity contribution is 5.34. The lowest BCUT2D eigenvalue weighted by Gasteiger charge is -2.02. The third-order valence-corrected chi connectivity index (χ3v) is 1.37. The quantitative estimate of drug-likeness (QED) is 0.705. The summed E-state index contributed by atoms with van der Waals surface area (Å²) in [5, 5.41) is 11.3. The number of hydrogen-bond donors (Lipinski definition) is 1. The SMILES string of the molecule is N#Cc1nccc(NCCCF)n1. The fourth-order valence-corrected chi connectivity index (χ4v) is 0.794. The van der Waals surface area contributed by atoms with E-state index in [2.05, 4.69) is 15.3 Å². The van der Waals surface area contributed by atoms with Crippen molar-refractivity contribution in [3.63, 3.8) is 0 Å². The Hall–Kier alpha value is -1.70. The number of anilines is 1. The molecule has 0 aliphatic rings. The van der Waals surface area contributed by atoms with Gasteiger partial charge in [-0.25, -0.2) is 9.97 Å². The van der Waals surface area contributed by atoms with Gasteiger partial charge in [0.25, 0.3) is 0 Å². The maximum Gasteiger partial charge on any atom is 0.234 e. The summed E-state index contributed by atoms with van der Waals surface area (Å²) in [6.45, 7) is 0.154. The van der Waals surface area contributed by atoms with Gasteiger partial charge in [0.2, 0.25) is 5.82 Å². The van der Waals surface area contributed by atoms with E-state index in [9.17, 15) is 4.39 Å². The average Bonchev–Trinajstić information content (AvgIpc) is 2.19. The minimum Gasteiger partial charge on any atom is -0.370 e. The molecule has 1 N–H and O–H groups in total. The number of nitrogens with zero attached hydrogens (tertiary/aromatic N) is 3. The Labute approximate surface area is 75.4 Å². The normalized spacial score (nSPS) is 9.23. The van der Waals surface area contributed by atoms with Gasteiger partial charge >= 0.3 is 0 Å². The smallest absolute Gasteiger partial charge is 0.234 e. The second kappa shape index (κ2) is 5.04. The molecule has 1 heterocycles. The maximum absolute atomic E-state index is 11.7. The van der Waals surface area contributed by atoms with Gasteiger partial charge < -0.3 is 5.32 Å². The van der Waals surface area contributed by atoms with E-state index in [0.29, 0.717) is 18.8 Å². The third-order valence-electron chi connectivity index (χ3n) is 1.37. The van der Waals surface area contributed by atoms with Crippen molar-refractivity contribution in [2.45, 2.75) is 6.42 Å². The van der Waals surface area contributed by atoms with E-state index >= 15 is 0 Å². The number of aromatic nitrogens is 2. The van der Waals surface area contributed by atoms with E-state index in [1.165, 1.54) is 6.20 Å². The zero-order valence-corrected chi connectivity index (χ0v) is 7.00. The standard InChI is InChI=1S/C8H9FN4/c9-3-1-4-11-7-2-5-12-8(6-10)13-7/h2,5H,1,3-4H2,(H,11,12,13). The summed E-state index contributed by atoms with van der Waals surface area (Å²) >= 11 is 0. The first-order chi connectivity index (χ1) is 6.36. The Balaban J connectivity index is 2.52. The zero-order valence-electron chi connectivity index (χ0n) is 7.00. The van der Waals surface area contributed by atoms with Crippen LogP contribution in [0, 0.1) is 11.3 Å². The van der Waals surface area contributed by atoms with Gasteiger partial charge in [0, 0.05) is 12.7 Å². The van der Waals surface area contributed by atoms with Crippen LogP contribution in [0.5, 0.6) is 0 Å². The predicted molar refractivity (Wildman–Crippen MR) is 45.8 cm³/mol. The molecule has 13 heavy (non-hydrogen) atoms. The van der Waals surface area contributed by atoms with Crippen LogP contribution in [0.15, 0.2) is 12.3 Å². The van der Waals surface area contributed by atoms with Crippen LogP contribution in [0.25, 0.3) is 0 Å². The highest BCUT2D eigenvalue weighted by atomic mass is 19.1. The average molecular weight is 180 g/mol. The molecule has 0 saturated heterocycles. The fourth-order valence-electron chi connectivity index (χ4n) is 0.794. The first-order valence-corrected chi connectivity index (χ1v) is 3.90. The molecule has 68 valence electrons. The van der Waals surface area contributed by atoms with E-state index in [1.807, 2.05) is 6.07 Å². The van der Waals surface area contributed by atoms with Gasteiger partial charge in [0.05, 0.1) is 6.67 Å². The molecular formula is C8H9FN4. The highest BCUT2D eigenvalue weighted by Gasteiger charge is 1.96. The van der Waals surface area contributed by atoms with Gasteiger partial charge in [0.15, 0.2) is 0 Å². The van der Waals surface area contributed by atoms with Crippen molar-refractivity contribution in [1.82, 2.24) is 9.97 Å². The Bertz CT molecular complexity index is 307. The van der Waals surface area contributed by atoms with Gasteiger partial charge in [-0.05, 0) is 12.5 Å². The van der Waals surface area contributed by atoms with Gasteiger partial charge in [-0.3, -0.25) is 4.39 Å². The van der Waals surface area contributed by atoms with Gasteiger partial charge in [-0.2, -0.15) is 5.26 Å². The van der Waals surface area contributed by atoms with E-state index < -0.39 is 0 Å². The summed E-state index contributed by atoms with van der Waals surface area (Å²) in [7, 11) is 0. The van der Waals surface area contributed by atoms with Gasteiger partial charge in [-0.15, -0.1) is 0 Å². The van der Waals surface area contributed by atoms with Crippen molar-refractivity contribution in [3.05, 3.63) is 18.1 Å². The van der Waals surface area contributed by atoms with E-state index in [4.69, 9.17) is 5.26 Å². The summed E-state index contributed by atoms with van der Waals surface area (Å²) in [5.41, 5.74) is 0. The molecule has 0 atom stereocenters. The van der Waals surface area contributed by atoms with E-state index in [0.717, 1.165) is 0 Å². The number of hydrogen-bond acceptors (Lipinski definition) is 4. The molecule has 4 nitrogen and oxygen atoms in total. The lowest BCUT2D eigenvalue weighted by atomic mass is 10.4. The molecule has 0 bridgehead atoms. The Morgan fingerprint density at radius 1 is 1.62 bits per heavy atom. The number of rotatable bonds is 4. The maximum atomic E-state index is 11.7. The molecule has 1 aromatic rings. The van der Waals surface area contributed by atoms with Crippen LogP contribution in [0.4, 0.5) is 10.2 Å². The molecule has 0 saturated carbocycles. The van der Waals surface area contributed by atoms with Crippen LogP contribution < -0.4 is 5.32 Å². The number of nitriles is 1. The Morgan fingerprint density at radius 2 is 2.46 bits per heavy atom. The molecule has 5 heteroatoms. The Morgan fingerprint density at radius 3 is 3.15 bits per heavy atom. The van der Waals surface area contributed by atoms with Crippen molar-refractivity contribution in [2.24, 2.45) is 0 Å². The van der Waals surface area contributed by atoms with Crippen LogP contribution in [0.1, 0.15) is 12.2 Å². The van der Waals surface area contributed by atoms with Crippen LogP contribution in [0.3, 0.4) is 0 Å². The summed E-state index contributed by atoms with van der Waals surface area (Å²) in [6.07, 6.45) is 1.93. The molecule has 0 unspecified atom stereocenters. The topological polar surface area (TPSA) is 61.6 Å². The van der Waals surface area contributed by atoms with Crippen molar-refractivity contribution >= 4 is 5.82 Å². The second-order valence-corrected chi connectivity index (χ2v) is 2.35. The lowest BCUT2D eigenvalue weighted by molar-refractivity contribution is 0.481. The first-order valence-electron chi connectivity index (χ1n) is 3.90. The van der Waals surface area contributed by atoms with Crippen molar-refractivity contribution in [3.8, 4) is 6.07 Å². The van der Waals surface area contributed by atoms with Crippen LogP contribution >= 0.6 is 0 Å². The summed E-state index contributed by atoms with van der Waals surface area (Å²) in [5.74, 6) is 0.672. The molecule has 0 aromatic carbocycles. The van der Waals surface area contributed by atoms with Crippen molar-refractivity contribution in [2.75, 3.05) is 18.5 Å². The Kier molecular flexibility index (Phi) is 3.64. The van der Waals surface area contributed by atoms with Crippen LogP contribution in [0.2, 0.25) is 0 Å². The minimum atomic E-state index is -0.358. The zero-order chi connectivity index (χ0) is 9.52. The summed E-state index contributed by atoms with van der Waals surface area (Å²) < 4.78 is 11.7. The molecule has 0 amide bonds. The van der Waals surface area contributed by atoms with Crippen molar-refractivity contribution in [1.29, 1.82) is 5.26 Å². The van der Waals surface area contributed by atoms with E-state index in [1.54, 1.807) is 6.07 Å². The van der Waals surface area contributed by atoms with Crippen LogP contribution in [-0.2, 0) is 0 Å². The molecule has 1 aromatic heterocycles. The van der Waals surface area contributed by atoms with Crippen molar-refractivity contribution < 1.29 is 4.39 Å². The van der Waals surface area contributed by atoms with Gasteiger partial charge in [-0.1, -0.05) is 0 Å². The van der Waals surface area contributed by atoms with Gasteiger partial charge in [0.1, 0.15) is 11.9 Å².